The molecule has 1 saturated carbocycles. The van der Waals surface area contributed by atoms with Crippen LogP contribution in [0.3, 0.4) is 0 Å². The third-order valence-electron chi connectivity index (χ3n) is 5.92. The summed E-state index contributed by atoms with van der Waals surface area (Å²) in [4.78, 5) is 0.358. The molecule has 1 spiro atoms. The Bertz CT molecular complexity index is 390. The molecule has 0 unspecified atom stereocenters. The van der Waals surface area contributed by atoms with E-state index in [4.69, 9.17) is 4.74 Å². The van der Waals surface area contributed by atoms with E-state index < -0.39 is 0 Å². The van der Waals surface area contributed by atoms with Gasteiger partial charge in [0.05, 0.1) is 11.7 Å². The Morgan fingerprint density at radius 2 is 1.89 bits per heavy atom. The number of hydrogen-bond donors (Lipinski definition) is 1. The second-order valence-electron chi connectivity index (χ2n) is 7.28. The molecule has 2 rings (SSSR count). The average molecular weight is 331 g/mol. The summed E-state index contributed by atoms with van der Waals surface area (Å²) in [5.74, 6) is 0. The number of rotatable bonds is 1. The molecule has 1 fully saturated rings. The largest absolute Gasteiger partial charge is 0.389 e. The van der Waals surface area contributed by atoms with Gasteiger partial charge in [-0.05, 0) is 50.4 Å². The number of alkyl halides is 1. The monoisotopic (exact) mass is 330 g/mol. The molecule has 3 heteroatoms. The lowest BCUT2D eigenvalue weighted by Crippen LogP contribution is -2.54. The molecule has 2 nitrogen and oxygen atoms in total. The summed E-state index contributed by atoms with van der Waals surface area (Å²) in [5, 5.41) is 10.0. The lowest BCUT2D eigenvalue weighted by atomic mass is 9.50. The second-order valence-corrected chi connectivity index (χ2v) is 8.38. The summed E-state index contributed by atoms with van der Waals surface area (Å²) in [6, 6.07) is 0. The van der Waals surface area contributed by atoms with Crippen LogP contribution >= 0.6 is 15.9 Å². The van der Waals surface area contributed by atoms with Gasteiger partial charge in [0, 0.05) is 11.9 Å². The first kappa shape index (κ1) is 15.5. The Morgan fingerprint density at radius 3 is 2.37 bits per heavy atom. The molecule has 0 aromatic rings. The molecule has 0 saturated heterocycles. The molecule has 0 heterocycles. The Balaban J connectivity index is 2.36. The zero-order chi connectivity index (χ0) is 14.5. The van der Waals surface area contributed by atoms with Crippen molar-refractivity contribution in [3.8, 4) is 0 Å². The summed E-state index contributed by atoms with van der Waals surface area (Å²) < 4.78 is 5.73. The fourth-order valence-electron chi connectivity index (χ4n) is 4.20. The predicted octanol–water partition coefficient (Wildman–Crippen LogP) is 4.06. The molecule has 19 heavy (non-hydrogen) atoms. The minimum Gasteiger partial charge on any atom is -0.389 e. The van der Waals surface area contributed by atoms with Gasteiger partial charge in [-0.25, -0.2) is 0 Å². The van der Waals surface area contributed by atoms with Crippen LogP contribution in [-0.4, -0.2) is 28.7 Å². The molecule has 2 aliphatic rings. The zero-order valence-corrected chi connectivity index (χ0v) is 14.4. The van der Waals surface area contributed by atoms with E-state index in [1.165, 1.54) is 5.57 Å². The van der Waals surface area contributed by atoms with Gasteiger partial charge in [0.25, 0.3) is 0 Å². The first-order valence-electron chi connectivity index (χ1n) is 7.23. The number of methoxy groups -OCH3 is 1. The van der Waals surface area contributed by atoms with Gasteiger partial charge in [0.15, 0.2) is 0 Å². The van der Waals surface area contributed by atoms with E-state index in [9.17, 15) is 5.11 Å². The van der Waals surface area contributed by atoms with E-state index >= 15 is 0 Å². The second kappa shape index (κ2) is 4.85. The number of ether oxygens (including phenoxy) is 1. The SMILES string of the molecule is CO[C@@]1(C)CC[C@]2(C[C@H]1Br)C(C)=C[C@H](O)CC2(C)C. The van der Waals surface area contributed by atoms with Gasteiger partial charge in [0.2, 0.25) is 0 Å². The van der Waals surface area contributed by atoms with Crippen molar-refractivity contribution in [2.75, 3.05) is 7.11 Å². The van der Waals surface area contributed by atoms with Gasteiger partial charge in [-0.15, -0.1) is 0 Å². The van der Waals surface area contributed by atoms with E-state index in [2.05, 4.69) is 49.7 Å². The molecule has 1 N–H and O–H groups in total. The maximum Gasteiger partial charge on any atom is 0.0775 e. The van der Waals surface area contributed by atoms with Crippen LogP contribution < -0.4 is 0 Å². The highest BCUT2D eigenvalue weighted by atomic mass is 79.9. The van der Waals surface area contributed by atoms with E-state index in [1.807, 2.05) is 7.11 Å². The van der Waals surface area contributed by atoms with Crippen LogP contribution in [0.5, 0.6) is 0 Å². The van der Waals surface area contributed by atoms with Gasteiger partial charge in [0.1, 0.15) is 0 Å². The first-order chi connectivity index (χ1) is 8.67. The highest BCUT2D eigenvalue weighted by Crippen LogP contribution is 2.61. The standard InChI is InChI=1S/C16H27BrO2/c1-11-8-12(18)9-14(2,3)16(11)7-6-15(4,19-5)13(17)10-16/h8,12-13,18H,6-7,9-10H2,1-5H3/t12-,13+,15-,16-/m0/s1. The molecular weight excluding hydrogens is 304 g/mol. The summed E-state index contributed by atoms with van der Waals surface area (Å²) in [5.41, 5.74) is 1.61. The third-order valence-corrected chi connectivity index (χ3v) is 7.21. The molecule has 0 aromatic carbocycles. The highest BCUT2D eigenvalue weighted by molar-refractivity contribution is 9.09. The molecule has 0 radical (unpaired) electrons. The Kier molecular flexibility index (Phi) is 3.97. The Labute approximate surface area is 125 Å². The zero-order valence-electron chi connectivity index (χ0n) is 12.8. The minimum atomic E-state index is -0.287. The number of halogens is 1. The molecule has 0 aliphatic heterocycles. The summed E-state index contributed by atoms with van der Waals surface area (Å²) in [6.45, 7) is 9.01. The molecular formula is C16H27BrO2. The lowest BCUT2D eigenvalue weighted by molar-refractivity contribution is -0.0763. The maximum atomic E-state index is 10.0. The topological polar surface area (TPSA) is 29.5 Å². The van der Waals surface area contributed by atoms with Crippen LogP contribution in [0.1, 0.15) is 53.4 Å². The third kappa shape index (κ3) is 2.32. The minimum absolute atomic E-state index is 0.0718. The molecule has 110 valence electrons. The predicted molar refractivity (Wildman–Crippen MR) is 82.6 cm³/mol. The smallest absolute Gasteiger partial charge is 0.0775 e. The number of aliphatic hydroxyl groups excluding tert-OH is 1. The van der Waals surface area contributed by atoms with Gasteiger partial charge >= 0.3 is 0 Å². The van der Waals surface area contributed by atoms with Crippen molar-refractivity contribution in [1.82, 2.24) is 0 Å². The normalized spacial score (nSPS) is 46.2. The van der Waals surface area contributed by atoms with Crippen molar-refractivity contribution in [1.29, 1.82) is 0 Å². The Hall–Kier alpha value is 0.140. The Morgan fingerprint density at radius 1 is 1.26 bits per heavy atom. The highest BCUT2D eigenvalue weighted by Gasteiger charge is 2.55. The van der Waals surface area contributed by atoms with Crippen LogP contribution in [0.4, 0.5) is 0 Å². The fraction of sp³-hybridized carbons (Fsp3) is 0.875. The van der Waals surface area contributed by atoms with Crippen LogP contribution in [0.2, 0.25) is 0 Å². The van der Waals surface area contributed by atoms with E-state index in [-0.39, 0.29) is 22.5 Å². The van der Waals surface area contributed by atoms with Crippen LogP contribution in [0.15, 0.2) is 11.6 Å². The lowest BCUT2D eigenvalue weighted by Gasteiger charge is -2.57. The average Bonchev–Trinajstić information content (AvgIpc) is 2.30. The van der Waals surface area contributed by atoms with Gasteiger partial charge < -0.3 is 9.84 Å². The summed E-state index contributed by atoms with van der Waals surface area (Å²) in [6.07, 6.45) is 5.92. The molecule has 2 aliphatic carbocycles. The van der Waals surface area contributed by atoms with Gasteiger partial charge in [-0.3, -0.25) is 0 Å². The van der Waals surface area contributed by atoms with Gasteiger partial charge in [-0.2, -0.15) is 0 Å². The van der Waals surface area contributed by atoms with Crippen molar-refractivity contribution in [3.63, 3.8) is 0 Å². The summed E-state index contributed by atoms with van der Waals surface area (Å²) >= 11 is 3.86. The van der Waals surface area contributed by atoms with Gasteiger partial charge in [-0.1, -0.05) is 41.4 Å². The van der Waals surface area contributed by atoms with E-state index in [1.54, 1.807) is 0 Å². The van der Waals surface area contributed by atoms with Crippen LogP contribution in [0, 0.1) is 10.8 Å². The van der Waals surface area contributed by atoms with Crippen molar-refractivity contribution >= 4 is 15.9 Å². The fourth-order valence-corrected chi connectivity index (χ4v) is 5.17. The first-order valence-corrected chi connectivity index (χ1v) is 8.15. The number of hydrogen-bond acceptors (Lipinski definition) is 2. The quantitative estimate of drug-likeness (QED) is 0.580. The van der Waals surface area contributed by atoms with Crippen LogP contribution in [-0.2, 0) is 4.74 Å². The molecule has 4 atom stereocenters. The number of allylic oxidation sites excluding steroid dienone is 1. The van der Waals surface area contributed by atoms with Crippen LogP contribution in [0.25, 0.3) is 0 Å². The molecule has 0 bridgehead atoms. The number of aliphatic hydroxyl groups is 1. The van der Waals surface area contributed by atoms with E-state index in [0.29, 0.717) is 4.83 Å². The van der Waals surface area contributed by atoms with Crippen molar-refractivity contribution in [2.24, 2.45) is 10.8 Å². The van der Waals surface area contributed by atoms with Crippen molar-refractivity contribution in [2.45, 2.75) is 69.9 Å². The van der Waals surface area contributed by atoms with Crippen molar-refractivity contribution < 1.29 is 9.84 Å². The molecule has 0 amide bonds. The summed E-state index contributed by atoms with van der Waals surface area (Å²) in [7, 11) is 1.81. The molecule has 0 aromatic heterocycles. The van der Waals surface area contributed by atoms with Crippen molar-refractivity contribution in [3.05, 3.63) is 11.6 Å². The maximum absolute atomic E-state index is 10.0. The van der Waals surface area contributed by atoms with E-state index in [0.717, 1.165) is 25.7 Å².